The van der Waals surface area contributed by atoms with E-state index in [0.29, 0.717) is 21.2 Å². The molecule has 0 aliphatic carbocycles. The van der Waals surface area contributed by atoms with Crippen molar-refractivity contribution in [1.82, 2.24) is 4.98 Å². The first kappa shape index (κ1) is 19.9. The van der Waals surface area contributed by atoms with E-state index in [9.17, 15) is 19.6 Å². The van der Waals surface area contributed by atoms with Gasteiger partial charge in [0.2, 0.25) is 0 Å². The van der Waals surface area contributed by atoms with Crippen LogP contribution < -0.4 is 0 Å². The number of carboxylic acid groups (broad SMARTS) is 1. The van der Waals surface area contributed by atoms with E-state index in [1.165, 1.54) is 12.3 Å². The number of carboxylic acids is 1. The zero-order valence-corrected chi connectivity index (χ0v) is 17.1. The predicted octanol–water partition coefficient (Wildman–Crippen LogP) is 6.02. The van der Waals surface area contributed by atoms with Crippen LogP contribution in [0.15, 0.2) is 65.8 Å². The van der Waals surface area contributed by atoms with Gasteiger partial charge in [0.1, 0.15) is 10.6 Å². The number of hydrogen-bond donors (Lipinski definition) is 1. The molecule has 1 N–H and O–H groups in total. The third-order valence-corrected chi connectivity index (χ3v) is 6.18. The van der Waals surface area contributed by atoms with Crippen LogP contribution in [0.3, 0.4) is 0 Å². The summed E-state index contributed by atoms with van der Waals surface area (Å²) in [4.78, 5) is 16.3. The van der Waals surface area contributed by atoms with E-state index >= 15 is 0 Å². The number of nitrogens with zero attached hydrogens (tertiary/aromatic N) is 2. The highest BCUT2D eigenvalue weighted by molar-refractivity contribution is 8.01. The molecule has 1 heterocycles. The Hall–Kier alpha value is -3.43. The third-order valence-electron chi connectivity index (χ3n) is 5.02. The summed E-state index contributed by atoms with van der Waals surface area (Å²) in [7, 11) is 0. The standard InChI is InChI=1S/C24H17FN2O2S/c1-24(2,23(28)29)30-15-9-19-20(12-27-13-21(19)22(25)10-15)18-8-7-14(11-26)16-5-3-4-6-17(16)18/h3-10,12-13H,1-2H3,(H,28,29). The Morgan fingerprint density at radius 2 is 1.77 bits per heavy atom. The molecule has 0 aliphatic rings. The van der Waals surface area contributed by atoms with Crippen LogP contribution in [0.5, 0.6) is 0 Å². The average molecular weight is 416 g/mol. The van der Waals surface area contributed by atoms with Crippen molar-refractivity contribution in [3.05, 3.63) is 72.3 Å². The molecule has 4 rings (SSSR count). The molecule has 0 saturated carbocycles. The van der Waals surface area contributed by atoms with Gasteiger partial charge in [-0.05, 0) is 48.4 Å². The normalized spacial score (nSPS) is 11.5. The summed E-state index contributed by atoms with van der Waals surface area (Å²) in [5, 5.41) is 21.6. The van der Waals surface area contributed by atoms with Crippen LogP contribution in [0.2, 0.25) is 0 Å². The van der Waals surface area contributed by atoms with Crippen LogP contribution in [0, 0.1) is 17.1 Å². The molecule has 0 aliphatic heterocycles. The molecule has 0 bridgehead atoms. The van der Waals surface area contributed by atoms with Gasteiger partial charge in [-0.15, -0.1) is 11.8 Å². The molecular formula is C24H17FN2O2S. The Kier molecular flexibility index (Phi) is 4.92. The maximum atomic E-state index is 14.9. The van der Waals surface area contributed by atoms with Gasteiger partial charge in [0.15, 0.2) is 0 Å². The van der Waals surface area contributed by atoms with Crippen molar-refractivity contribution in [2.75, 3.05) is 0 Å². The fourth-order valence-electron chi connectivity index (χ4n) is 3.45. The summed E-state index contributed by atoms with van der Waals surface area (Å²) in [6.07, 6.45) is 3.14. The highest BCUT2D eigenvalue weighted by Crippen LogP contribution is 2.39. The van der Waals surface area contributed by atoms with E-state index in [0.717, 1.165) is 33.7 Å². The smallest absolute Gasteiger partial charge is 0.319 e. The lowest BCUT2D eigenvalue weighted by Gasteiger charge is -2.19. The minimum absolute atomic E-state index is 0.360. The maximum absolute atomic E-state index is 14.9. The SMILES string of the molecule is CC(C)(Sc1cc(F)c2cncc(-c3ccc(C#N)c4ccccc34)c2c1)C(=O)O. The summed E-state index contributed by atoms with van der Waals surface area (Å²) in [6.45, 7) is 3.17. The lowest BCUT2D eigenvalue weighted by molar-refractivity contribution is -0.138. The molecule has 6 heteroatoms. The van der Waals surface area contributed by atoms with E-state index < -0.39 is 16.5 Å². The molecule has 3 aromatic carbocycles. The van der Waals surface area contributed by atoms with Crippen LogP contribution >= 0.6 is 11.8 Å². The first-order valence-corrected chi connectivity index (χ1v) is 10.1. The molecule has 0 fully saturated rings. The van der Waals surface area contributed by atoms with Crippen LogP contribution in [0.4, 0.5) is 4.39 Å². The summed E-state index contributed by atoms with van der Waals surface area (Å²) < 4.78 is 13.8. The van der Waals surface area contributed by atoms with Gasteiger partial charge in [-0.1, -0.05) is 30.3 Å². The Bertz CT molecular complexity index is 1360. The van der Waals surface area contributed by atoms with E-state index in [2.05, 4.69) is 11.1 Å². The number of hydrogen-bond acceptors (Lipinski definition) is 4. The second-order valence-electron chi connectivity index (χ2n) is 7.42. The number of thioether (sulfide) groups is 1. The largest absolute Gasteiger partial charge is 0.480 e. The highest BCUT2D eigenvalue weighted by Gasteiger charge is 2.29. The number of pyridine rings is 1. The number of carbonyl (C=O) groups is 1. The fraction of sp³-hybridized carbons (Fsp3) is 0.125. The average Bonchev–Trinajstić information content (AvgIpc) is 2.72. The molecule has 0 radical (unpaired) electrons. The van der Waals surface area contributed by atoms with Crippen molar-refractivity contribution in [3.8, 4) is 17.2 Å². The van der Waals surface area contributed by atoms with Crippen LogP contribution in [0.25, 0.3) is 32.7 Å². The Balaban J connectivity index is 1.98. The van der Waals surface area contributed by atoms with Crippen molar-refractivity contribution < 1.29 is 14.3 Å². The number of rotatable bonds is 4. The molecule has 1 aromatic heterocycles. The van der Waals surface area contributed by atoms with Crippen molar-refractivity contribution in [2.45, 2.75) is 23.5 Å². The summed E-state index contributed by atoms with van der Waals surface area (Å²) >= 11 is 1.09. The minimum Gasteiger partial charge on any atom is -0.480 e. The predicted molar refractivity (Wildman–Crippen MR) is 117 cm³/mol. The molecule has 0 amide bonds. The molecule has 4 aromatic rings. The molecule has 0 atom stereocenters. The van der Waals surface area contributed by atoms with Crippen molar-refractivity contribution in [1.29, 1.82) is 5.26 Å². The molecule has 148 valence electrons. The highest BCUT2D eigenvalue weighted by atomic mass is 32.2. The van der Waals surface area contributed by atoms with E-state index in [1.54, 1.807) is 32.2 Å². The first-order valence-electron chi connectivity index (χ1n) is 9.24. The lowest BCUT2D eigenvalue weighted by Crippen LogP contribution is -2.26. The number of benzene rings is 3. The topological polar surface area (TPSA) is 74.0 Å². The van der Waals surface area contributed by atoms with Gasteiger partial charge < -0.3 is 5.11 Å². The van der Waals surface area contributed by atoms with Crippen molar-refractivity contribution in [2.24, 2.45) is 0 Å². The minimum atomic E-state index is -1.10. The summed E-state index contributed by atoms with van der Waals surface area (Å²) in [6, 6.07) is 16.5. The maximum Gasteiger partial charge on any atom is 0.319 e. The second-order valence-corrected chi connectivity index (χ2v) is 9.12. The summed E-state index contributed by atoms with van der Waals surface area (Å²) in [5.74, 6) is -1.43. The Labute approximate surface area is 177 Å². The Morgan fingerprint density at radius 3 is 2.47 bits per heavy atom. The van der Waals surface area contributed by atoms with Crippen LogP contribution in [-0.2, 0) is 4.79 Å². The van der Waals surface area contributed by atoms with E-state index in [-0.39, 0.29) is 0 Å². The molecule has 30 heavy (non-hydrogen) atoms. The number of aromatic nitrogens is 1. The number of fused-ring (bicyclic) bond motifs is 2. The van der Waals surface area contributed by atoms with Crippen molar-refractivity contribution >= 4 is 39.3 Å². The van der Waals surface area contributed by atoms with E-state index in [1.807, 2.05) is 30.3 Å². The van der Waals surface area contributed by atoms with Gasteiger partial charge in [-0.25, -0.2) is 4.39 Å². The molecular weight excluding hydrogens is 399 g/mol. The van der Waals surface area contributed by atoms with Gasteiger partial charge in [0.25, 0.3) is 0 Å². The van der Waals surface area contributed by atoms with Gasteiger partial charge >= 0.3 is 5.97 Å². The summed E-state index contributed by atoms with van der Waals surface area (Å²) in [5.41, 5.74) is 2.12. The molecule has 4 nitrogen and oxygen atoms in total. The monoisotopic (exact) mass is 416 g/mol. The number of aliphatic carboxylic acids is 1. The molecule has 0 unspecified atom stereocenters. The second kappa shape index (κ2) is 7.43. The number of halogens is 1. The zero-order chi connectivity index (χ0) is 21.5. The van der Waals surface area contributed by atoms with Gasteiger partial charge in [0, 0.05) is 33.6 Å². The Morgan fingerprint density at radius 1 is 1.03 bits per heavy atom. The fourth-order valence-corrected chi connectivity index (χ4v) is 4.46. The van der Waals surface area contributed by atoms with Crippen LogP contribution in [-0.4, -0.2) is 20.8 Å². The van der Waals surface area contributed by atoms with Crippen molar-refractivity contribution in [3.63, 3.8) is 0 Å². The first-order chi connectivity index (χ1) is 14.3. The third kappa shape index (κ3) is 3.38. The van der Waals surface area contributed by atoms with Gasteiger partial charge in [-0.2, -0.15) is 5.26 Å². The molecule has 0 spiro atoms. The number of nitriles is 1. The zero-order valence-electron chi connectivity index (χ0n) is 16.3. The molecule has 0 saturated heterocycles. The van der Waals surface area contributed by atoms with Gasteiger partial charge in [0.05, 0.1) is 11.6 Å². The quantitative estimate of drug-likeness (QED) is 0.412. The van der Waals surface area contributed by atoms with Crippen LogP contribution in [0.1, 0.15) is 19.4 Å². The van der Waals surface area contributed by atoms with E-state index in [4.69, 9.17) is 0 Å². The van der Waals surface area contributed by atoms with Gasteiger partial charge in [-0.3, -0.25) is 9.78 Å². The lowest BCUT2D eigenvalue weighted by atomic mass is 9.93.